The minimum Gasteiger partial charge on any atom is -0.378 e. The lowest BCUT2D eigenvalue weighted by Crippen LogP contribution is -2.15. The van der Waals surface area contributed by atoms with Gasteiger partial charge in [-0.2, -0.15) is 0 Å². The Balaban J connectivity index is 1.91. The van der Waals surface area contributed by atoms with Crippen LogP contribution in [0.25, 0.3) is 11.1 Å². The van der Waals surface area contributed by atoms with Gasteiger partial charge in [-0.15, -0.1) is 0 Å². The molecule has 0 spiro atoms. The molecule has 4 aromatic carbocycles. The van der Waals surface area contributed by atoms with Crippen LogP contribution in [0.1, 0.15) is 36.1 Å². The molecule has 236 valence electrons. The molecule has 0 aliphatic heterocycles. The number of benzene rings is 4. The Morgan fingerprint density at radius 1 is 0.422 bits per heavy atom. The summed E-state index contributed by atoms with van der Waals surface area (Å²) in [5.74, 6) is 0. The van der Waals surface area contributed by atoms with Crippen molar-refractivity contribution in [1.29, 1.82) is 0 Å². The second-order valence-corrected chi connectivity index (χ2v) is 12.6. The van der Waals surface area contributed by atoms with E-state index in [1.807, 2.05) is 0 Å². The molecule has 4 rings (SSSR count). The van der Waals surface area contributed by atoms with Gasteiger partial charge >= 0.3 is 0 Å². The van der Waals surface area contributed by atoms with Gasteiger partial charge in [0, 0.05) is 79.1 Å². The average Bonchev–Trinajstić information content (AvgIpc) is 3.02. The van der Waals surface area contributed by atoms with Gasteiger partial charge in [0.15, 0.2) is 0 Å². The van der Waals surface area contributed by atoms with Crippen molar-refractivity contribution in [3.63, 3.8) is 0 Å². The van der Waals surface area contributed by atoms with Gasteiger partial charge in [0.05, 0.1) is 12.2 Å². The molecule has 0 saturated carbocycles. The summed E-state index contributed by atoms with van der Waals surface area (Å²) in [6, 6.07) is 35.1. The van der Waals surface area contributed by atoms with E-state index in [-0.39, 0.29) is 12.2 Å². The third kappa shape index (κ3) is 8.80. The maximum atomic E-state index is 6.66. The minimum atomic E-state index is -0.279. The summed E-state index contributed by atoms with van der Waals surface area (Å²) < 4.78 is 6.66. The van der Waals surface area contributed by atoms with Gasteiger partial charge in [-0.05, 0) is 108 Å². The summed E-state index contributed by atoms with van der Waals surface area (Å²) in [6.45, 7) is 4.20. The average molecular weight is 603 g/mol. The quantitative estimate of drug-likeness (QED) is 0.162. The monoisotopic (exact) mass is 602 g/mol. The molecule has 0 saturated heterocycles. The van der Waals surface area contributed by atoms with E-state index in [2.05, 4.69) is 199 Å². The van der Waals surface area contributed by atoms with Gasteiger partial charge in [0.1, 0.15) is 0 Å². The number of anilines is 4. The van der Waals surface area contributed by atoms with Gasteiger partial charge in [0.25, 0.3) is 0 Å². The van der Waals surface area contributed by atoms with Crippen molar-refractivity contribution in [2.75, 3.05) is 76.0 Å². The molecule has 0 aliphatic rings. The van der Waals surface area contributed by atoms with Crippen LogP contribution in [-0.4, -0.2) is 68.6 Å². The van der Waals surface area contributed by atoms with Crippen molar-refractivity contribution in [3.05, 3.63) is 131 Å². The highest BCUT2D eigenvalue weighted by molar-refractivity contribution is 5.84. The molecular weight excluding hydrogens is 552 g/mol. The van der Waals surface area contributed by atoms with Crippen LogP contribution in [0.5, 0.6) is 0 Å². The first-order valence-electron chi connectivity index (χ1n) is 15.6. The van der Waals surface area contributed by atoms with E-state index < -0.39 is 0 Å². The standard InChI is InChI=1S/C40H50N4O/c1-29(2)45-38(27-39(30-11-19-34(20-12-30)41(3)4)31-13-21-35(22-14-31)42(5)6)28-40(32-15-23-36(24-16-32)43(7)8)33-17-25-37(26-18-33)44(9)10/h11-29,38H,1-10H3. The fourth-order valence-corrected chi connectivity index (χ4v) is 5.24. The maximum absolute atomic E-state index is 6.66. The zero-order chi connectivity index (χ0) is 32.7. The molecule has 45 heavy (non-hydrogen) atoms. The fraction of sp³-hybridized carbons (Fsp3) is 0.300. The van der Waals surface area contributed by atoms with E-state index in [0.717, 1.165) is 33.4 Å². The summed E-state index contributed by atoms with van der Waals surface area (Å²) in [5, 5.41) is 0. The number of rotatable bonds is 12. The summed E-state index contributed by atoms with van der Waals surface area (Å²) in [6.07, 6.45) is 4.30. The summed E-state index contributed by atoms with van der Waals surface area (Å²) in [7, 11) is 16.6. The van der Waals surface area contributed by atoms with Crippen LogP contribution in [0.4, 0.5) is 22.7 Å². The Hall–Kier alpha value is -4.48. The third-order valence-electron chi connectivity index (χ3n) is 7.87. The Morgan fingerprint density at radius 2 is 0.644 bits per heavy atom. The molecule has 4 aromatic rings. The van der Waals surface area contributed by atoms with Gasteiger partial charge in [-0.3, -0.25) is 0 Å². The molecular formula is C40H50N4O. The summed E-state index contributed by atoms with van der Waals surface area (Å²) in [5.41, 5.74) is 11.5. The predicted octanol–water partition coefficient (Wildman–Crippen LogP) is 8.31. The normalized spacial score (nSPS) is 10.9. The van der Waals surface area contributed by atoms with Crippen LogP contribution in [0.2, 0.25) is 0 Å². The topological polar surface area (TPSA) is 22.2 Å². The van der Waals surface area contributed by atoms with Gasteiger partial charge in [0.2, 0.25) is 0 Å². The largest absolute Gasteiger partial charge is 0.378 e. The van der Waals surface area contributed by atoms with Crippen LogP contribution in [0.3, 0.4) is 0 Å². The molecule has 0 aliphatic carbocycles. The maximum Gasteiger partial charge on any atom is 0.0959 e. The van der Waals surface area contributed by atoms with Crippen LogP contribution in [-0.2, 0) is 4.74 Å². The summed E-state index contributed by atoms with van der Waals surface area (Å²) >= 11 is 0. The second-order valence-electron chi connectivity index (χ2n) is 12.6. The van der Waals surface area contributed by atoms with Crippen molar-refractivity contribution in [2.45, 2.75) is 26.1 Å². The van der Waals surface area contributed by atoms with Crippen molar-refractivity contribution >= 4 is 33.9 Å². The van der Waals surface area contributed by atoms with Crippen molar-refractivity contribution < 1.29 is 4.74 Å². The highest BCUT2D eigenvalue weighted by Gasteiger charge is 2.16. The minimum absolute atomic E-state index is 0.0319. The van der Waals surface area contributed by atoms with Crippen LogP contribution in [0.15, 0.2) is 109 Å². The smallest absolute Gasteiger partial charge is 0.0959 e. The first-order chi connectivity index (χ1) is 21.4. The molecule has 0 fully saturated rings. The van der Waals surface area contributed by atoms with E-state index in [1.165, 1.54) is 22.7 Å². The third-order valence-corrected chi connectivity index (χ3v) is 7.87. The molecule has 5 nitrogen and oxygen atoms in total. The van der Waals surface area contributed by atoms with Crippen molar-refractivity contribution in [3.8, 4) is 0 Å². The highest BCUT2D eigenvalue weighted by Crippen LogP contribution is 2.32. The molecule has 0 aromatic heterocycles. The van der Waals surface area contributed by atoms with Gasteiger partial charge in [-0.1, -0.05) is 48.5 Å². The van der Waals surface area contributed by atoms with Gasteiger partial charge < -0.3 is 24.3 Å². The fourth-order valence-electron chi connectivity index (χ4n) is 5.24. The van der Waals surface area contributed by atoms with E-state index in [9.17, 15) is 0 Å². The lowest BCUT2D eigenvalue weighted by atomic mass is 9.92. The Morgan fingerprint density at radius 3 is 0.822 bits per heavy atom. The molecule has 0 bridgehead atoms. The highest BCUT2D eigenvalue weighted by atomic mass is 16.5. The lowest BCUT2D eigenvalue weighted by Gasteiger charge is -2.21. The Kier molecular flexibility index (Phi) is 11.1. The summed E-state index contributed by atoms with van der Waals surface area (Å²) in [4.78, 5) is 8.51. The molecule has 0 amide bonds. The molecule has 0 N–H and O–H groups in total. The molecule has 0 heterocycles. The Labute approximate surface area is 271 Å². The predicted molar refractivity (Wildman–Crippen MR) is 197 cm³/mol. The van der Waals surface area contributed by atoms with E-state index in [0.29, 0.717) is 0 Å². The molecule has 5 heteroatoms. The SMILES string of the molecule is CC(C)OC(C=C(c1ccc(N(C)C)cc1)c1ccc(N(C)C)cc1)C=C(c1ccc(N(C)C)cc1)c1ccc(N(C)C)cc1. The number of hydrogen-bond acceptors (Lipinski definition) is 5. The van der Waals surface area contributed by atoms with E-state index in [4.69, 9.17) is 4.74 Å². The zero-order valence-corrected chi connectivity index (χ0v) is 28.7. The van der Waals surface area contributed by atoms with Crippen LogP contribution < -0.4 is 19.6 Å². The van der Waals surface area contributed by atoms with Crippen LogP contribution >= 0.6 is 0 Å². The number of nitrogens with zero attached hydrogens (tertiary/aromatic N) is 4. The number of ether oxygens (including phenoxy) is 1. The van der Waals surface area contributed by atoms with Gasteiger partial charge in [-0.25, -0.2) is 0 Å². The zero-order valence-electron chi connectivity index (χ0n) is 28.7. The van der Waals surface area contributed by atoms with E-state index in [1.54, 1.807) is 0 Å². The van der Waals surface area contributed by atoms with E-state index >= 15 is 0 Å². The first-order valence-corrected chi connectivity index (χ1v) is 15.6. The van der Waals surface area contributed by atoms with Crippen molar-refractivity contribution in [1.82, 2.24) is 0 Å². The molecule has 0 atom stereocenters. The Bertz CT molecular complexity index is 1340. The second kappa shape index (κ2) is 15.0. The van der Waals surface area contributed by atoms with Crippen molar-refractivity contribution in [2.24, 2.45) is 0 Å². The molecule has 0 unspecified atom stereocenters. The number of hydrogen-bond donors (Lipinski definition) is 0. The lowest BCUT2D eigenvalue weighted by molar-refractivity contribution is 0.0618. The van der Waals surface area contributed by atoms with Crippen LogP contribution in [0, 0.1) is 0 Å². The first kappa shape index (κ1) is 33.4. The molecule has 0 radical (unpaired) electrons.